The van der Waals surface area contributed by atoms with Crippen molar-refractivity contribution in [3.05, 3.63) is 66.4 Å². The predicted octanol–water partition coefficient (Wildman–Crippen LogP) is 2.91. The molecule has 0 spiro atoms. The summed E-state index contributed by atoms with van der Waals surface area (Å²) in [6, 6.07) is 12.7. The van der Waals surface area contributed by atoms with Gasteiger partial charge < -0.3 is 9.47 Å². The number of aromatic nitrogens is 3. The third kappa shape index (κ3) is 3.70. The molecule has 24 heavy (non-hydrogen) atoms. The highest BCUT2D eigenvalue weighted by Crippen LogP contribution is 2.16. The highest BCUT2D eigenvalue weighted by atomic mass is 16.5. The number of nitrogens with zero attached hydrogens (tertiary/aromatic N) is 4. The van der Waals surface area contributed by atoms with Crippen LogP contribution in [0.3, 0.4) is 0 Å². The smallest absolute Gasteiger partial charge is 0.141 e. The molecule has 0 amide bonds. The normalized spacial score (nSPS) is 10.2. The second-order valence-electron chi connectivity index (χ2n) is 5.03. The second kappa shape index (κ2) is 7.29. The van der Waals surface area contributed by atoms with Gasteiger partial charge in [-0.15, -0.1) is 0 Å². The molecule has 0 bridgehead atoms. The summed E-state index contributed by atoms with van der Waals surface area (Å²) in [4.78, 5) is 8.51. The molecular formula is C18H16N4O2. The first-order valence-electron chi connectivity index (χ1n) is 7.48. The molecule has 0 aliphatic heterocycles. The average molecular weight is 320 g/mol. The third-order valence-corrected chi connectivity index (χ3v) is 3.39. The van der Waals surface area contributed by atoms with E-state index >= 15 is 0 Å². The van der Waals surface area contributed by atoms with Gasteiger partial charge >= 0.3 is 0 Å². The van der Waals surface area contributed by atoms with Crippen LogP contribution in [0, 0.1) is 18.3 Å². The molecule has 0 saturated carbocycles. The molecule has 6 heteroatoms. The lowest BCUT2D eigenvalue weighted by Gasteiger charge is -2.10. The maximum absolute atomic E-state index is 8.76. The molecular weight excluding hydrogens is 304 g/mol. The molecule has 0 fully saturated rings. The molecule has 2 heterocycles. The minimum absolute atomic E-state index is 0.409. The van der Waals surface area contributed by atoms with E-state index in [1.165, 1.54) is 0 Å². The molecule has 0 saturated heterocycles. The number of benzene rings is 1. The molecule has 0 N–H and O–H groups in total. The minimum atomic E-state index is 0.409. The summed E-state index contributed by atoms with van der Waals surface area (Å²) in [6.45, 7) is 2.74. The Morgan fingerprint density at radius 1 is 1.00 bits per heavy atom. The van der Waals surface area contributed by atoms with Crippen molar-refractivity contribution >= 4 is 0 Å². The quantitative estimate of drug-likeness (QED) is 0.653. The van der Waals surface area contributed by atoms with Crippen LogP contribution in [0.2, 0.25) is 0 Å². The highest BCUT2D eigenvalue weighted by molar-refractivity contribution is 5.35. The number of rotatable bonds is 6. The van der Waals surface area contributed by atoms with Crippen molar-refractivity contribution in [2.24, 2.45) is 0 Å². The third-order valence-electron chi connectivity index (χ3n) is 3.39. The number of nitriles is 1. The Hall–Kier alpha value is -3.33. The molecule has 2 aromatic heterocycles. The predicted molar refractivity (Wildman–Crippen MR) is 88.2 cm³/mol. The van der Waals surface area contributed by atoms with Gasteiger partial charge in [0.15, 0.2) is 0 Å². The van der Waals surface area contributed by atoms with Crippen molar-refractivity contribution in [1.29, 1.82) is 5.26 Å². The van der Waals surface area contributed by atoms with Crippen molar-refractivity contribution in [3.8, 4) is 23.4 Å². The van der Waals surface area contributed by atoms with Crippen LogP contribution in [-0.2, 0) is 0 Å². The molecule has 1 aromatic carbocycles. The number of imidazole rings is 1. The number of hydrogen-bond donors (Lipinski definition) is 0. The zero-order valence-corrected chi connectivity index (χ0v) is 13.2. The Morgan fingerprint density at radius 2 is 1.75 bits per heavy atom. The van der Waals surface area contributed by atoms with E-state index in [1.54, 1.807) is 42.7 Å². The summed E-state index contributed by atoms with van der Waals surface area (Å²) in [5.41, 5.74) is 0.609. The summed E-state index contributed by atoms with van der Waals surface area (Å²) in [6.07, 6.45) is 5.29. The molecule has 3 aromatic rings. The summed E-state index contributed by atoms with van der Waals surface area (Å²) >= 11 is 0. The fourth-order valence-electron chi connectivity index (χ4n) is 2.19. The van der Waals surface area contributed by atoms with E-state index in [0.717, 1.165) is 17.4 Å². The topological polar surface area (TPSA) is 73.0 Å². The van der Waals surface area contributed by atoms with E-state index in [-0.39, 0.29) is 0 Å². The number of pyridine rings is 1. The summed E-state index contributed by atoms with van der Waals surface area (Å²) in [7, 11) is 0. The van der Waals surface area contributed by atoms with E-state index in [0.29, 0.717) is 24.5 Å². The molecule has 0 radical (unpaired) electrons. The van der Waals surface area contributed by atoms with Crippen molar-refractivity contribution < 1.29 is 9.47 Å². The van der Waals surface area contributed by atoms with Crippen LogP contribution in [0.5, 0.6) is 11.5 Å². The number of ether oxygens (including phenoxy) is 2. The summed E-state index contributed by atoms with van der Waals surface area (Å²) in [5.74, 6) is 3.05. The van der Waals surface area contributed by atoms with Crippen molar-refractivity contribution in [3.63, 3.8) is 0 Å². The highest BCUT2D eigenvalue weighted by Gasteiger charge is 2.04. The fourth-order valence-corrected chi connectivity index (χ4v) is 2.19. The maximum Gasteiger partial charge on any atom is 0.141 e. The van der Waals surface area contributed by atoms with Crippen LogP contribution >= 0.6 is 0 Å². The summed E-state index contributed by atoms with van der Waals surface area (Å²) in [5, 5.41) is 8.76. The lowest BCUT2D eigenvalue weighted by atomic mass is 10.2. The first-order chi connectivity index (χ1) is 11.8. The van der Waals surface area contributed by atoms with Gasteiger partial charge in [0.05, 0.1) is 11.6 Å². The Kier molecular flexibility index (Phi) is 4.73. The Bertz CT molecular complexity index is 850. The van der Waals surface area contributed by atoms with Gasteiger partial charge in [-0.1, -0.05) is 0 Å². The first-order valence-corrected chi connectivity index (χ1v) is 7.48. The molecule has 3 rings (SSSR count). The van der Waals surface area contributed by atoms with Crippen LogP contribution in [-0.4, -0.2) is 27.7 Å². The first kappa shape index (κ1) is 15.6. The van der Waals surface area contributed by atoms with Crippen molar-refractivity contribution in [1.82, 2.24) is 14.5 Å². The minimum Gasteiger partial charge on any atom is -0.490 e. The van der Waals surface area contributed by atoms with Gasteiger partial charge in [-0.05, 0) is 37.3 Å². The van der Waals surface area contributed by atoms with Crippen LogP contribution in [0.4, 0.5) is 0 Å². The van der Waals surface area contributed by atoms with Crippen LogP contribution in [0.15, 0.2) is 55.0 Å². The van der Waals surface area contributed by atoms with Crippen LogP contribution < -0.4 is 9.47 Å². The Morgan fingerprint density at radius 3 is 2.42 bits per heavy atom. The van der Waals surface area contributed by atoms with Gasteiger partial charge in [-0.3, -0.25) is 4.57 Å². The molecule has 6 nitrogen and oxygen atoms in total. The van der Waals surface area contributed by atoms with E-state index in [4.69, 9.17) is 14.7 Å². The second-order valence-corrected chi connectivity index (χ2v) is 5.03. The molecule has 0 unspecified atom stereocenters. The summed E-state index contributed by atoms with van der Waals surface area (Å²) < 4.78 is 13.2. The van der Waals surface area contributed by atoms with E-state index in [2.05, 4.69) is 16.0 Å². The monoisotopic (exact) mass is 320 g/mol. The standard InChI is InChI=1S/C18H16N4O2/c1-14-20-8-9-22(14)18-12-17(6-7-21-18)24-11-10-23-16-4-2-15(13-19)3-5-16/h2-9,12H,10-11H2,1H3. The number of hydrogen-bond acceptors (Lipinski definition) is 5. The largest absolute Gasteiger partial charge is 0.490 e. The molecule has 0 atom stereocenters. The molecule has 0 aliphatic rings. The molecule has 120 valence electrons. The fraction of sp³-hybridized carbons (Fsp3) is 0.167. The van der Waals surface area contributed by atoms with Gasteiger partial charge in [0.25, 0.3) is 0 Å². The number of aryl methyl sites for hydroxylation is 1. The van der Waals surface area contributed by atoms with Gasteiger partial charge in [0.2, 0.25) is 0 Å². The van der Waals surface area contributed by atoms with E-state index < -0.39 is 0 Å². The Balaban J connectivity index is 1.53. The van der Waals surface area contributed by atoms with E-state index in [1.807, 2.05) is 23.8 Å². The lowest BCUT2D eigenvalue weighted by Crippen LogP contribution is -2.09. The SMILES string of the molecule is Cc1nccn1-c1cc(OCCOc2ccc(C#N)cc2)ccn1. The van der Waals surface area contributed by atoms with Gasteiger partial charge in [0, 0.05) is 24.7 Å². The van der Waals surface area contributed by atoms with Crippen LogP contribution in [0.1, 0.15) is 11.4 Å². The zero-order valence-electron chi connectivity index (χ0n) is 13.2. The Labute approximate surface area is 139 Å². The van der Waals surface area contributed by atoms with Crippen molar-refractivity contribution in [2.45, 2.75) is 6.92 Å². The van der Waals surface area contributed by atoms with Crippen LogP contribution in [0.25, 0.3) is 5.82 Å². The average Bonchev–Trinajstić information content (AvgIpc) is 3.05. The van der Waals surface area contributed by atoms with Gasteiger partial charge in [0.1, 0.15) is 36.4 Å². The van der Waals surface area contributed by atoms with E-state index in [9.17, 15) is 0 Å². The van der Waals surface area contributed by atoms with Crippen molar-refractivity contribution in [2.75, 3.05) is 13.2 Å². The van der Waals surface area contributed by atoms with Gasteiger partial charge in [-0.25, -0.2) is 9.97 Å². The molecule has 0 aliphatic carbocycles. The van der Waals surface area contributed by atoms with Gasteiger partial charge in [-0.2, -0.15) is 5.26 Å². The maximum atomic E-state index is 8.76. The zero-order chi connectivity index (χ0) is 16.8. The lowest BCUT2D eigenvalue weighted by molar-refractivity contribution is 0.217.